The summed E-state index contributed by atoms with van der Waals surface area (Å²) < 4.78 is 0.889. The first-order valence-corrected chi connectivity index (χ1v) is 8.06. The van der Waals surface area contributed by atoms with Crippen LogP contribution in [0.3, 0.4) is 0 Å². The quantitative estimate of drug-likeness (QED) is 0.754. The monoisotopic (exact) mass is 360 g/mol. The second-order valence-electron chi connectivity index (χ2n) is 5.29. The minimum atomic E-state index is -0.00679. The highest BCUT2D eigenvalue weighted by molar-refractivity contribution is 9.10. The summed E-state index contributed by atoms with van der Waals surface area (Å²) in [6.45, 7) is 5.01. The molecule has 0 aliphatic heterocycles. The molecule has 0 saturated heterocycles. The smallest absolute Gasteiger partial charge is 0.224 e. The average molecular weight is 362 g/mol. The number of carbonyl (C=O) groups is 1. The lowest BCUT2D eigenvalue weighted by molar-refractivity contribution is -0.116. The largest absolute Gasteiger partial charge is 0.330 e. The number of halogens is 2. The second kappa shape index (κ2) is 8.65. The van der Waals surface area contributed by atoms with E-state index in [1.807, 2.05) is 6.07 Å². The summed E-state index contributed by atoms with van der Waals surface area (Å²) in [6, 6.07) is 5.40. The molecule has 1 rings (SSSR count). The first-order chi connectivity index (χ1) is 9.43. The van der Waals surface area contributed by atoms with Crippen LogP contribution in [0.15, 0.2) is 22.7 Å². The summed E-state index contributed by atoms with van der Waals surface area (Å²) in [4.78, 5) is 12.0. The van der Waals surface area contributed by atoms with E-state index in [9.17, 15) is 4.79 Å². The van der Waals surface area contributed by atoms with Gasteiger partial charge in [-0.25, -0.2) is 0 Å². The number of hydrogen-bond acceptors (Lipinski definition) is 2. The molecule has 0 aromatic heterocycles. The summed E-state index contributed by atoms with van der Waals surface area (Å²) in [6.07, 6.45) is 2.31. The van der Waals surface area contributed by atoms with Gasteiger partial charge in [0.2, 0.25) is 5.91 Å². The summed E-state index contributed by atoms with van der Waals surface area (Å²) in [7, 11) is 0. The zero-order valence-electron chi connectivity index (χ0n) is 12.0. The number of carbonyl (C=O) groups excluding carboxylic acids is 1. The Hall–Kier alpha value is -0.580. The topological polar surface area (TPSA) is 55.1 Å². The molecular weight excluding hydrogens is 340 g/mol. The number of benzene rings is 1. The van der Waals surface area contributed by atoms with Crippen LogP contribution in [0.2, 0.25) is 5.02 Å². The van der Waals surface area contributed by atoms with Crippen LogP contribution in [-0.2, 0) is 4.79 Å². The number of hydrogen-bond donors (Lipinski definition) is 2. The number of rotatable bonds is 7. The molecule has 0 heterocycles. The molecule has 0 fully saturated rings. The molecule has 1 amide bonds. The van der Waals surface area contributed by atoms with E-state index in [-0.39, 0.29) is 5.91 Å². The Morgan fingerprint density at radius 2 is 2.10 bits per heavy atom. The predicted octanol–water partition coefficient (Wildman–Crippen LogP) is 4.44. The van der Waals surface area contributed by atoms with Crippen molar-refractivity contribution in [3.05, 3.63) is 27.7 Å². The van der Waals surface area contributed by atoms with Crippen molar-refractivity contribution in [3.8, 4) is 0 Å². The third kappa shape index (κ3) is 5.81. The number of amides is 1. The SMILES string of the molecule is CC(C)C(CCN)CCC(=O)Nc1cc(Br)ccc1Cl. The Morgan fingerprint density at radius 3 is 2.70 bits per heavy atom. The molecular formula is C15H22BrClN2O. The van der Waals surface area contributed by atoms with Gasteiger partial charge in [0.05, 0.1) is 10.7 Å². The van der Waals surface area contributed by atoms with E-state index >= 15 is 0 Å². The van der Waals surface area contributed by atoms with Gasteiger partial charge in [0, 0.05) is 10.9 Å². The van der Waals surface area contributed by atoms with Crippen LogP contribution < -0.4 is 11.1 Å². The highest BCUT2D eigenvalue weighted by atomic mass is 79.9. The van der Waals surface area contributed by atoms with E-state index in [0.717, 1.165) is 17.3 Å². The van der Waals surface area contributed by atoms with E-state index in [1.54, 1.807) is 12.1 Å². The first-order valence-electron chi connectivity index (χ1n) is 6.89. The molecule has 0 spiro atoms. The Balaban J connectivity index is 2.53. The molecule has 20 heavy (non-hydrogen) atoms. The maximum atomic E-state index is 12.0. The molecule has 1 unspecified atom stereocenters. The first kappa shape index (κ1) is 17.5. The Kier molecular flexibility index (Phi) is 7.56. The maximum absolute atomic E-state index is 12.0. The van der Waals surface area contributed by atoms with Gasteiger partial charge < -0.3 is 11.1 Å². The minimum absolute atomic E-state index is 0.00679. The molecule has 1 atom stereocenters. The summed E-state index contributed by atoms with van der Waals surface area (Å²) in [5.41, 5.74) is 6.25. The van der Waals surface area contributed by atoms with Gasteiger partial charge in [0.25, 0.3) is 0 Å². The zero-order valence-corrected chi connectivity index (χ0v) is 14.3. The van der Waals surface area contributed by atoms with Crippen LogP contribution in [-0.4, -0.2) is 12.5 Å². The minimum Gasteiger partial charge on any atom is -0.330 e. The van der Waals surface area contributed by atoms with Gasteiger partial charge in [0.15, 0.2) is 0 Å². The van der Waals surface area contributed by atoms with Crippen molar-refractivity contribution in [2.24, 2.45) is 17.6 Å². The fourth-order valence-corrected chi connectivity index (χ4v) is 2.67. The Labute approximate surface area is 134 Å². The van der Waals surface area contributed by atoms with E-state index in [1.165, 1.54) is 0 Å². The lowest BCUT2D eigenvalue weighted by Gasteiger charge is -2.19. The van der Waals surface area contributed by atoms with Crippen molar-refractivity contribution in [3.63, 3.8) is 0 Å². The standard InChI is InChI=1S/C15H22BrClN2O/c1-10(2)11(7-8-18)3-6-15(20)19-14-9-12(16)4-5-13(14)17/h4-5,9-11H,3,6-8,18H2,1-2H3,(H,19,20). The highest BCUT2D eigenvalue weighted by Gasteiger charge is 2.15. The molecule has 0 saturated carbocycles. The van der Waals surface area contributed by atoms with E-state index < -0.39 is 0 Å². The van der Waals surface area contributed by atoms with Crippen LogP contribution >= 0.6 is 27.5 Å². The van der Waals surface area contributed by atoms with Gasteiger partial charge in [-0.1, -0.05) is 41.4 Å². The lowest BCUT2D eigenvalue weighted by atomic mass is 9.88. The van der Waals surface area contributed by atoms with E-state index in [4.69, 9.17) is 17.3 Å². The normalized spacial score (nSPS) is 12.5. The zero-order chi connectivity index (χ0) is 15.1. The van der Waals surface area contributed by atoms with Crippen LogP contribution in [0.1, 0.15) is 33.1 Å². The van der Waals surface area contributed by atoms with Gasteiger partial charge in [-0.05, 0) is 49.4 Å². The van der Waals surface area contributed by atoms with E-state index in [2.05, 4.69) is 35.1 Å². The van der Waals surface area contributed by atoms with Gasteiger partial charge >= 0.3 is 0 Å². The molecule has 112 valence electrons. The van der Waals surface area contributed by atoms with Gasteiger partial charge in [-0.15, -0.1) is 0 Å². The van der Waals surface area contributed by atoms with Gasteiger partial charge in [0.1, 0.15) is 0 Å². The van der Waals surface area contributed by atoms with Crippen molar-refractivity contribution >= 4 is 39.1 Å². The van der Waals surface area contributed by atoms with Crippen molar-refractivity contribution in [2.75, 3.05) is 11.9 Å². The Bertz CT molecular complexity index is 451. The number of anilines is 1. The average Bonchev–Trinajstić information content (AvgIpc) is 2.38. The predicted molar refractivity (Wildman–Crippen MR) is 89.0 cm³/mol. The summed E-state index contributed by atoms with van der Waals surface area (Å²) in [5.74, 6) is 1.03. The molecule has 3 nitrogen and oxygen atoms in total. The van der Waals surface area contributed by atoms with Gasteiger partial charge in [-0.2, -0.15) is 0 Å². The van der Waals surface area contributed by atoms with Gasteiger partial charge in [-0.3, -0.25) is 4.79 Å². The van der Waals surface area contributed by atoms with Crippen LogP contribution in [0.4, 0.5) is 5.69 Å². The fourth-order valence-electron chi connectivity index (χ4n) is 2.15. The second-order valence-corrected chi connectivity index (χ2v) is 6.62. The maximum Gasteiger partial charge on any atom is 0.224 e. The van der Waals surface area contributed by atoms with Crippen molar-refractivity contribution in [1.82, 2.24) is 0 Å². The molecule has 1 aromatic carbocycles. The molecule has 0 bridgehead atoms. The fraction of sp³-hybridized carbons (Fsp3) is 0.533. The molecule has 0 aliphatic rings. The lowest BCUT2D eigenvalue weighted by Crippen LogP contribution is -2.18. The van der Waals surface area contributed by atoms with Crippen molar-refractivity contribution in [2.45, 2.75) is 33.1 Å². The van der Waals surface area contributed by atoms with E-state index in [0.29, 0.717) is 35.5 Å². The Morgan fingerprint density at radius 1 is 1.40 bits per heavy atom. The third-order valence-corrected chi connectivity index (χ3v) is 4.25. The third-order valence-electron chi connectivity index (χ3n) is 3.42. The number of nitrogens with one attached hydrogen (secondary N) is 1. The van der Waals surface area contributed by atoms with Crippen LogP contribution in [0, 0.1) is 11.8 Å². The van der Waals surface area contributed by atoms with Crippen LogP contribution in [0.25, 0.3) is 0 Å². The van der Waals surface area contributed by atoms with Crippen molar-refractivity contribution < 1.29 is 4.79 Å². The highest BCUT2D eigenvalue weighted by Crippen LogP contribution is 2.26. The molecule has 5 heteroatoms. The molecule has 3 N–H and O–H groups in total. The molecule has 0 aliphatic carbocycles. The number of nitrogens with two attached hydrogens (primary N) is 1. The summed E-state index contributed by atoms with van der Waals surface area (Å²) in [5, 5.41) is 3.40. The summed E-state index contributed by atoms with van der Waals surface area (Å²) >= 11 is 9.42. The molecule has 0 radical (unpaired) electrons. The van der Waals surface area contributed by atoms with Crippen LogP contribution in [0.5, 0.6) is 0 Å². The van der Waals surface area contributed by atoms with Crippen molar-refractivity contribution in [1.29, 1.82) is 0 Å². The molecule has 1 aromatic rings.